The molecule has 7 heteroatoms. The van der Waals surface area contributed by atoms with Gasteiger partial charge in [-0.3, -0.25) is 4.79 Å². The maximum atomic E-state index is 12.0. The molecule has 6 nitrogen and oxygen atoms in total. The average molecular weight is 324 g/mol. The van der Waals surface area contributed by atoms with Gasteiger partial charge < -0.3 is 4.74 Å². The third kappa shape index (κ3) is 3.85. The molecule has 0 aliphatic carbocycles. The van der Waals surface area contributed by atoms with Gasteiger partial charge in [-0.05, 0) is 32.4 Å². The van der Waals surface area contributed by atoms with E-state index in [0.29, 0.717) is 17.9 Å². The van der Waals surface area contributed by atoms with Crippen molar-refractivity contribution in [2.45, 2.75) is 20.3 Å². The summed E-state index contributed by atoms with van der Waals surface area (Å²) in [5.41, 5.74) is 4.91. The maximum absolute atomic E-state index is 12.0. The first-order valence-electron chi connectivity index (χ1n) is 7.02. The van der Waals surface area contributed by atoms with E-state index in [0.717, 1.165) is 11.1 Å². The Balaban J connectivity index is 2.10. The summed E-state index contributed by atoms with van der Waals surface area (Å²) in [5, 5.41) is 4.08. The molecule has 1 atom stereocenters. The molecule has 1 fully saturated rings. The maximum Gasteiger partial charge on any atom is 0.244 e. The minimum atomic E-state index is -3.08. The number of rotatable bonds is 4. The lowest BCUT2D eigenvalue weighted by Crippen LogP contribution is -2.28. The highest BCUT2D eigenvalue weighted by molar-refractivity contribution is 7.91. The molecule has 0 bridgehead atoms. The Morgan fingerprint density at radius 1 is 1.41 bits per heavy atom. The molecule has 1 aliphatic heterocycles. The molecule has 1 aromatic rings. The van der Waals surface area contributed by atoms with Crippen LogP contribution in [0.4, 0.5) is 0 Å². The van der Waals surface area contributed by atoms with Crippen LogP contribution in [0.25, 0.3) is 0 Å². The number of benzene rings is 1. The topological polar surface area (TPSA) is 84.8 Å². The first kappa shape index (κ1) is 16.5. The lowest BCUT2D eigenvalue weighted by Gasteiger charge is -2.10. The number of carbonyl (C=O) groups is 1. The van der Waals surface area contributed by atoms with E-state index in [9.17, 15) is 13.2 Å². The lowest BCUT2D eigenvalue weighted by molar-refractivity contribution is -0.124. The number of hydrazone groups is 1. The predicted octanol–water partition coefficient (Wildman–Crippen LogP) is 1.28. The Morgan fingerprint density at radius 3 is 2.73 bits per heavy atom. The van der Waals surface area contributed by atoms with Gasteiger partial charge in [-0.25, -0.2) is 13.8 Å². The van der Waals surface area contributed by atoms with Crippen LogP contribution in [-0.4, -0.2) is 38.7 Å². The summed E-state index contributed by atoms with van der Waals surface area (Å²) < 4.78 is 28.1. The molecular weight excluding hydrogens is 304 g/mol. The molecule has 1 amide bonds. The monoisotopic (exact) mass is 324 g/mol. The SMILES string of the molecule is COc1ccc(C)cc1/C(C)=N\NC(=O)[C@@H]1CCS(=O)(=O)C1. The van der Waals surface area contributed by atoms with Gasteiger partial charge in [0.25, 0.3) is 0 Å². The average Bonchev–Trinajstić information content (AvgIpc) is 2.84. The predicted molar refractivity (Wildman–Crippen MR) is 84.8 cm³/mol. The highest BCUT2D eigenvalue weighted by Gasteiger charge is 2.32. The largest absolute Gasteiger partial charge is 0.496 e. The smallest absolute Gasteiger partial charge is 0.244 e. The number of nitrogens with one attached hydrogen (secondary N) is 1. The van der Waals surface area contributed by atoms with Crippen molar-refractivity contribution in [3.63, 3.8) is 0 Å². The molecule has 1 saturated heterocycles. The van der Waals surface area contributed by atoms with Crippen LogP contribution < -0.4 is 10.2 Å². The van der Waals surface area contributed by atoms with E-state index in [1.54, 1.807) is 14.0 Å². The van der Waals surface area contributed by atoms with Crippen molar-refractivity contribution < 1.29 is 17.9 Å². The van der Waals surface area contributed by atoms with Crippen LogP contribution in [0.15, 0.2) is 23.3 Å². The number of nitrogens with zero attached hydrogens (tertiary/aromatic N) is 1. The standard InChI is InChI=1S/C15H20N2O4S/c1-10-4-5-14(21-3)13(8-10)11(2)16-17-15(18)12-6-7-22(19,20)9-12/h4-5,8,12H,6-7,9H2,1-3H3,(H,17,18)/b16-11-/t12-/m1/s1. The molecule has 1 heterocycles. The van der Waals surface area contributed by atoms with E-state index >= 15 is 0 Å². The van der Waals surface area contributed by atoms with E-state index in [-0.39, 0.29) is 17.4 Å². The third-order valence-electron chi connectivity index (χ3n) is 3.68. The summed E-state index contributed by atoms with van der Waals surface area (Å²) in [6, 6.07) is 5.69. The van der Waals surface area contributed by atoms with Gasteiger partial charge in [-0.1, -0.05) is 11.6 Å². The Hall–Kier alpha value is -1.89. The van der Waals surface area contributed by atoms with Crippen molar-refractivity contribution in [3.8, 4) is 5.75 Å². The summed E-state index contributed by atoms with van der Waals surface area (Å²) in [7, 11) is -1.50. The van der Waals surface area contributed by atoms with Gasteiger partial charge in [0.15, 0.2) is 9.84 Å². The van der Waals surface area contributed by atoms with Gasteiger partial charge in [-0.15, -0.1) is 0 Å². The summed E-state index contributed by atoms with van der Waals surface area (Å²) in [6.45, 7) is 3.72. The number of hydrogen-bond acceptors (Lipinski definition) is 5. The minimum absolute atomic E-state index is 0.0689. The van der Waals surface area contributed by atoms with Crippen molar-refractivity contribution in [2.24, 2.45) is 11.0 Å². The fourth-order valence-electron chi connectivity index (χ4n) is 2.40. The van der Waals surface area contributed by atoms with Crippen LogP contribution in [0.5, 0.6) is 5.75 Å². The normalized spacial score (nSPS) is 20.7. The van der Waals surface area contributed by atoms with E-state index in [2.05, 4.69) is 10.5 Å². The van der Waals surface area contributed by atoms with E-state index in [4.69, 9.17) is 4.74 Å². The molecule has 0 radical (unpaired) electrons. The van der Waals surface area contributed by atoms with Crippen LogP contribution in [-0.2, 0) is 14.6 Å². The van der Waals surface area contributed by atoms with Crippen molar-refractivity contribution in [3.05, 3.63) is 29.3 Å². The zero-order valence-corrected chi connectivity index (χ0v) is 13.7. The second kappa shape index (κ2) is 6.48. The van der Waals surface area contributed by atoms with Crippen LogP contribution in [0.2, 0.25) is 0 Å². The lowest BCUT2D eigenvalue weighted by atomic mass is 10.1. The second-order valence-electron chi connectivity index (χ2n) is 5.48. The highest BCUT2D eigenvalue weighted by Crippen LogP contribution is 2.21. The van der Waals surface area contributed by atoms with Crippen LogP contribution in [0, 0.1) is 12.8 Å². The van der Waals surface area contributed by atoms with E-state index in [1.165, 1.54) is 0 Å². The summed E-state index contributed by atoms with van der Waals surface area (Å²) in [6.07, 6.45) is 0.358. The number of ether oxygens (including phenoxy) is 1. The van der Waals surface area contributed by atoms with Gasteiger partial charge >= 0.3 is 0 Å². The molecule has 1 aromatic carbocycles. The zero-order valence-electron chi connectivity index (χ0n) is 12.9. The third-order valence-corrected chi connectivity index (χ3v) is 5.45. The number of carbonyl (C=O) groups excluding carboxylic acids is 1. The molecule has 0 unspecified atom stereocenters. The molecule has 2 rings (SSSR count). The van der Waals surface area contributed by atoms with Gasteiger partial charge in [0.2, 0.25) is 5.91 Å². The van der Waals surface area contributed by atoms with Gasteiger partial charge in [0, 0.05) is 5.56 Å². The second-order valence-corrected chi connectivity index (χ2v) is 7.71. The van der Waals surface area contributed by atoms with Gasteiger partial charge in [0.05, 0.1) is 30.2 Å². The quantitative estimate of drug-likeness (QED) is 0.668. The van der Waals surface area contributed by atoms with Crippen molar-refractivity contribution in [1.82, 2.24) is 5.43 Å². The first-order chi connectivity index (χ1) is 10.3. The van der Waals surface area contributed by atoms with Gasteiger partial charge in [0.1, 0.15) is 5.75 Å². The minimum Gasteiger partial charge on any atom is -0.496 e. The molecule has 0 spiro atoms. The first-order valence-corrected chi connectivity index (χ1v) is 8.84. The number of hydrogen-bond donors (Lipinski definition) is 1. The van der Waals surface area contributed by atoms with Crippen molar-refractivity contribution in [1.29, 1.82) is 0 Å². The summed E-state index contributed by atoms with van der Waals surface area (Å²) >= 11 is 0. The molecule has 1 N–H and O–H groups in total. The molecule has 0 aromatic heterocycles. The van der Waals surface area contributed by atoms with E-state index < -0.39 is 15.8 Å². The molecule has 120 valence electrons. The Kier molecular flexibility index (Phi) is 4.85. The van der Waals surface area contributed by atoms with E-state index in [1.807, 2.05) is 25.1 Å². The number of aryl methyl sites for hydroxylation is 1. The fraction of sp³-hybridized carbons (Fsp3) is 0.467. The Bertz CT molecular complexity index is 710. The molecule has 0 saturated carbocycles. The highest BCUT2D eigenvalue weighted by atomic mass is 32.2. The molecule has 1 aliphatic rings. The van der Waals surface area contributed by atoms with Crippen LogP contribution >= 0.6 is 0 Å². The van der Waals surface area contributed by atoms with Gasteiger partial charge in [-0.2, -0.15) is 5.10 Å². The van der Waals surface area contributed by atoms with Crippen molar-refractivity contribution in [2.75, 3.05) is 18.6 Å². The van der Waals surface area contributed by atoms with Crippen molar-refractivity contribution >= 4 is 21.5 Å². The number of amides is 1. The zero-order chi connectivity index (χ0) is 16.3. The molecular formula is C15H20N2O4S. The van der Waals surface area contributed by atoms with Crippen LogP contribution in [0.3, 0.4) is 0 Å². The fourth-order valence-corrected chi connectivity index (χ4v) is 4.14. The number of sulfone groups is 1. The Labute approximate surface area is 130 Å². The Morgan fingerprint density at radius 2 is 2.14 bits per heavy atom. The van der Waals surface area contributed by atoms with Crippen LogP contribution in [0.1, 0.15) is 24.5 Å². The number of methoxy groups -OCH3 is 1. The summed E-state index contributed by atoms with van der Waals surface area (Å²) in [5.74, 6) is -0.224. The molecule has 22 heavy (non-hydrogen) atoms. The summed E-state index contributed by atoms with van der Waals surface area (Å²) in [4.78, 5) is 12.0.